The van der Waals surface area contributed by atoms with Crippen LogP contribution in [-0.2, 0) is 0 Å². The van der Waals surface area contributed by atoms with Crippen LogP contribution in [0.4, 0.5) is 5.95 Å². The Morgan fingerprint density at radius 2 is 1.70 bits per heavy atom. The van der Waals surface area contributed by atoms with Crippen LogP contribution in [0.5, 0.6) is 11.8 Å². The van der Waals surface area contributed by atoms with Crippen molar-refractivity contribution in [1.82, 2.24) is 9.97 Å². The zero-order valence-corrected chi connectivity index (χ0v) is 12.4. The van der Waals surface area contributed by atoms with Gasteiger partial charge < -0.3 is 19.2 Å². The van der Waals surface area contributed by atoms with Gasteiger partial charge in [0.15, 0.2) is 0 Å². The third kappa shape index (κ3) is 3.01. The maximum absolute atomic E-state index is 5.53. The molecule has 0 aliphatic rings. The quantitative estimate of drug-likeness (QED) is 0.906. The molecule has 2 aromatic rings. The van der Waals surface area contributed by atoms with Crippen LogP contribution in [0.1, 0.15) is 30.0 Å². The van der Waals surface area contributed by atoms with Crippen LogP contribution in [0.2, 0.25) is 0 Å². The van der Waals surface area contributed by atoms with Gasteiger partial charge in [-0.15, -0.1) is 0 Å². The molecule has 1 unspecified atom stereocenters. The smallest absolute Gasteiger partial charge is 0.229 e. The lowest BCUT2D eigenvalue weighted by molar-refractivity contribution is 0.372. The fourth-order valence-corrected chi connectivity index (χ4v) is 2.03. The molecule has 108 valence electrons. The summed E-state index contributed by atoms with van der Waals surface area (Å²) < 4.78 is 15.8. The SMILES string of the molecule is COc1cc(OC)nc(NC(C)c2cc(C)oc2C)n1. The van der Waals surface area contributed by atoms with E-state index in [-0.39, 0.29) is 6.04 Å². The van der Waals surface area contributed by atoms with Gasteiger partial charge in [-0.2, -0.15) is 9.97 Å². The number of anilines is 1. The molecule has 2 heterocycles. The highest BCUT2D eigenvalue weighted by Gasteiger charge is 2.14. The molecule has 0 spiro atoms. The molecule has 6 nitrogen and oxygen atoms in total. The molecule has 2 aromatic heterocycles. The standard InChI is InChI=1S/C14H19N3O3/c1-8-6-11(10(3)20-8)9(2)15-14-16-12(18-4)7-13(17-14)19-5/h6-7,9H,1-5H3,(H,15,16,17). The fraction of sp³-hybridized carbons (Fsp3) is 0.429. The molecule has 6 heteroatoms. The molecule has 0 amide bonds. The van der Waals surface area contributed by atoms with Crippen LogP contribution in [0.3, 0.4) is 0 Å². The number of rotatable bonds is 5. The number of aryl methyl sites for hydroxylation is 2. The third-order valence-electron chi connectivity index (χ3n) is 2.99. The number of aromatic nitrogens is 2. The van der Waals surface area contributed by atoms with Crippen molar-refractivity contribution >= 4 is 5.95 Å². The van der Waals surface area contributed by atoms with Crippen molar-refractivity contribution in [3.63, 3.8) is 0 Å². The van der Waals surface area contributed by atoms with Gasteiger partial charge in [0.25, 0.3) is 0 Å². The van der Waals surface area contributed by atoms with Crippen molar-refractivity contribution in [1.29, 1.82) is 0 Å². The number of nitrogens with zero attached hydrogens (tertiary/aromatic N) is 2. The zero-order valence-electron chi connectivity index (χ0n) is 12.4. The molecule has 0 radical (unpaired) electrons. The normalized spacial score (nSPS) is 12.1. The summed E-state index contributed by atoms with van der Waals surface area (Å²) in [7, 11) is 3.11. The van der Waals surface area contributed by atoms with E-state index < -0.39 is 0 Å². The summed E-state index contributed by atoms with van der Waals surface area (Å²) in [5, 5.41) is 3.22. The van der Waals surface area contributed by atoms with E-state index in [1.54, 1.807) is 20.3 Å². The fourth-order valence-electron chi connectivity index (χ4n) is 2.03. The number of nitrogens with one attached hydrogen (secondary N) is 1. The topological polar surface area (TPSA) is 69.4 Å². The van der Waals surface area contributed by atoms with Crippen LogP contribution in [0.25, 0.3) is 0 Å². The van der Waals surface area contributed by atoms with Gasteiger partial charge in [0.1, 0.15) is 11.5 Å². The largest absolute Gasteiger partial charge is 0.481 e. The molecule has 1 N–H and O–H groups in total. The van der Waals surface area contributed by atoms with Crippen LogP contribution in [0.15, 0.2) is 16.5 Å². The third-order valence-corrected chi connectivity index (χ3v) is 2.99. The van der Waals surface area contributed by atoms with Gasteiger partial charge in [-0.3, -0.25) is 0 Å². The van der Waals surface area contributed by atoms with Crippen molar-refractivity contribution in [2.45, 2.75) is 26.8 Å². The average Bonchev–Trinajstić information content (AvgIpc) is 2.77. The Morgan fingerprint density at radius 3 is 2.15 bits per heavy atom. The van der Waals surface area contributed by atoms with E-state index in [0.29, 0.717) is 17.7 Å². The van der Waals surface area contributed by atoms with E-state index in [1.165, 1.54) is 0 Å². The predicted octanol–water partition coefficient (Wildman–Crippen LogP) is 2.88. The van der Waals surface area contributed by atoms with Gasteiger partial charge in [-0.1, -0.05) is 0 Å². The van der Waals surface area contributed by atoms with E-state index in [0.717, 1.165) is 17.1 Å². The van der Waals surface area contributed by atoms with E-state index in [4.69, 9.17) is 13.9 Å². The molecule has 0 aliphatic heterocycles. The minimum Gasteiger partial charge on any atom is -0.481 e. The Labute approximate surface area is 118 Å². The molecular weight excluding hydrogens is 258 g/mol. The molecule has 0 bridgehead atoms. The highest BCUT2D eigenvalue weighted by molar-refractivity contribution is 5.37. The second-order valence-electron chi connectivity index (χ2n) is 4.51. The predicted molar refractivity (Wildman–Crippen MR) is 75.4 cm³/mol. The lowest BCUT2D eigenvalue weighted by atomic mass is 10.1. The van der Waals surface area contributed by atoms with Crippen molar-refractivity contribution < 1.29 is 13.9 Å². The van der Waals surface area contributed by atoms with Gasteiger partial charge in [0.05, 0.1) is 26.3 Å². The van der Waals surface area contributed by atoms with Gasteiger partial charge in [-0.05, 0) is 26.8 Å². The van der Waals surface area contributed by atoms with Gasteiger partial charge in [-0.25, -0.2) is 0 Å². The number of methoxy groups -OCH3 is 2. The van der Waals surface area contributed by atoms with Crippen molar-refractivity contribution in [3.8, 4) is 11.8 Å². The van der Waals surface area contributed by atoms with Crippen LogP contribution in [-0.4, -0.2) is 24.2 Å². The van der Waals surface area contributed by atoms with E-state index in [1.807, 2.05) is 26.8 Å². The minimum atomic E-state index is 0.0178. The van der Waals surface area contributed by atoms with Gasteiger partial charge >= 0.3 is 0 Å². The highest BCUT2D eigenvalue weighted by Crippen LogP contribution is 2.25. The van der Waals surface area contributed by atoms with Gasteiger partial charge in [0, 0.05) is 5.56 Å². The second kappa shape index (κ2) is 5.81. The maximum Gasteiger partial charge on any atom is 0.229 e. The number of ether oxygens (including phenoxy) is 2. The Kier molecular flexibility index (Phi) is 4.12. The molecular formula is C14H19N3O3. The lowest BCUT2D eigenvalue weighted by Crippen LogP contribution is -2.10. The van der Waals surface area contributed by atoms with Gasteiger partial charge in [0.2, 0.25) is 17.7 Å². The Bertz CT molecular complexity index is 573. The first-order valence-corrected chi connectivity index (χ1v) is 6.34. The van der Waals surface area contributed by atoms with Crippen molar-refractivity contribution in [3.05, 3.63) is 29.2 Å². The summed E-state index contributed by atoms with van der Waals surface area (Å²) >= 11 is 0. The first kappa shape index (κ1) is 14.2. The van der Waals surface area contributed by atoms with Crippen molar-refractivity contribution in [2.24, 2.45) is 0 Å². The van der Waals surface area contributed by atoms with Crippen LogP contribution >= 0.6 is 0 Å². The Hall–Kier alpha value is -2.24. The molecule has 1 atom stereocenters. The number of furan rings is 1. The van der Waals surface area contributed by atoms with Crippen LogP contribution in [0, 0.1) is 13.8 Å². The summed E-state index contributed by atoms with van der Waals surface area (Å²) in [5.74, 6) is 3.12. The van der Waals surface area contributed by atoms with Crippen molar-refractivity contribution in [2.75, 3.05) is 19.5 Å². The minimum absolute atomic E-state index is 0.0178. The first-order chi connectivity index (χ1) is 9.53. The van der Waals surface area contributed by atoms with E-state index >= 15 is 0 Å². The number of hydrogen-bond acceptors (Lipinski definition) is 6. The monoisotopic (exact) mass is 277 g/mol. The molecule has 0 saturated heterocycles. The molecule has 0 aromatic carbocycles. The summed E-state index contributed by atoms with van der Waals surface area (Å²) in [6, 6.07) is 3.65. The zero-order chi connectivity index (χ0) is 14.7. The Morgan fingerprint density at radius 1 is 1.10 bits per heavy atom. The summed E-state index contributed by atoms with van der Waals surface area (Å²) in [5.41, 5.74) is 1.08. The van der Waals surface area contributed by atoms with E-state index in [2.05, 4.69) is 15.3 Å². The molecule has 0 saturated carbocycles. The number of hydrogen-bond donors (Lipinski definition) is 1. The second-order valence-corrected chi connectivity index (χ2v) is 4.51. The first-order valence-electron chi connectivity index (χ1n) is 6.34. The Balaban J connectivity index is 2.22. The molecule has 20 heavy (non-hydrogen) atoms. The molecule has 2 rings (SSSR count). The molecule has 0 aliphatic carbocycles. The average molecular weight is 277 g/mol. The van der Waals surface area contributed by atoms with Crippen LogP contribution < -0.4 is 14.8 Å². The summed E-state index contributed by atoms with van der Waals surface area (Å²) in [6.07, 6.45) is 0. The molecule has 0 fully saturated rings. The highest BCUT2D eigenvalue weighted by atomic mass is 16.5. The van der Waals surface area contributed by atoms with E-state index in [9.17, 15) is 0 Å². The maximum atomic E-state index is 5.53. The summed E-state index contributed by atoms with van der Waals surface area (Å²) in [6.45, 7) is 5.88. The summed E-state index contributed by atoms with van der Waals surface area (Å²) in [4.78, 5) is 8.49. The lowest BCUT2D eigenvalue weighted by Gasteiger charge is -2.14.